The van der Waals surface area contributed by atoms with Crippen LogP contribution in [0.4, 0.5) is 0 Å². The molecular formula is C7H12O6P+. The Hall–Kier alpha value is -1.00. The summed E-state index contributed by atoms with van der Waals surface area (Å²) in [5.74, 6) is -3.08. The second-order valence-electron chi connectivity index (χ2n) is 2.86. The van der Waals surface area contributed by atoms with Crippen molar-refractivity contribution in [2.45, 2.75) is 19.3 Å². The average molecular weight is 223 g/mol. The van der Waals surface area contributed by atoms with Gasteiger partial charge in [-0.25, -0.2) is 0 Å². The molecule has 2 atom stereocenters. The molecule has 0 aromatic carbocycles. The van der Waals surface area contributed by atoms with E-state index < -0.39 is 25.9 Å². The Bertz CT molecular complexity index is 238. The fourth-order valence-electron chi connectivity index (χ4n) is 0.981. The highest BCUT2D eigenvalue weighted by atomic mass is 31.1. The molecule has 3 N–H and O–H groups in total. The third-order valence-corrected chi connectivity index (χ3v) is 2.42. The maximum absolute atomic E-state index is 10.5. The van der Waals surface area contributed by atoms with E-state index in [-0.39, 0.29) is 25.4 Å². The molecule has 0 radical (unpaired) electrons. The lowest BCUT2D eigenvalue weighted by Crippen LogP contribution is -2.16. The Morgan fingerprint density at radius 3 is 2.21 bits per heavy atom. The largest absolute Gasteiger partial charge is 0.506 e. The molecule has 14 heavy (non-hydrogen) atoms. The van der Waals surface area contributed by atoms with Crippen LogP contribution in [0, 0.1) is 5.92 Å². The van der Waals surface area contributed by atoms with Gasteiger partial charge in [-0.15, -0.1) is 0 Å². The first-order valence-electron chi connectivity index (χ1n) is 4.01. The number of rotatable bonds is 7. The zero-order chi connectivity index (χ0) is 11.1. The SMILES string of the molecule is O=C(O)CCCC(C[P+](=O)O)C(=O)O. The van der Waals surface area contributed by atoms with Crippen molar-refractivity contribution in [3.05, 3.63) is 0 Å². The maximum atomic E-state index is 10.5. The van der Waals surface area contributed by atoms with Crippen molar-refractivity contribution in [2.24, 2.45) is 5.92 Å². The predicted molar refractivity (Wildman–Crippen MR) is 47.3 cm³/mol. The molecule has 0 aliphatic carbocycles. The van der Waals surface area contributed by atoms with Crippen LogP contribution >= 0.6 is 8.03 Å². The zero-order valence-corrected chi connectivity index (χ0v) is 8.31. The van der Waals surface area contributed by atoms with Crippen molar-refractivity contribution in [3.63, 3.8) is 0 Å². The molecule has 0 spiro atoms. The third-order valence-electron chi connectivity index (χ3n) is 1.67. The van der Waals surface area contributed by atoms with Crippen molar-refractivity contribution in [1.29, 1.82) is 0 Å². The molecule has 0 bridgehead atoms. The van der Waals surface area contributed by atoms with Gasteiger partial charge in [0.15, 0.2) is 6.16 Å². The van der Waals surface area contributed by atoms with Crippen LogP contribution in [0.5, 0.6) is 0 Å². The van der Waals surface area contributed by atoms with E-state index in [9.17, 15) is 14.2 Å². The molecule has 0 fully saturated rings. The lowest BCUT2D eigenvalue weighted by atomic mass is 10.0. The molecule has 0 saturated heterocycles. The van der Waals surface area contributed by atoms with E-state index in [2.05, 4.69) is 0 Å². The quantitative estimate of drug-likeness (QED) is 0.547. The van der Waals surface area contributed by atoms with Gasteiger partial charge in [-0.05, 0) is 17.4 Å². The number of aliphatic carboxylic acids is 2. The minimum atomic E-state index is -2.48. The van der Waals surface area contributed by atoms with Gasteiger partial charge >= 0.3 is 20.0 Å². The van der Waals surface area contributed by atoms with Crippen LogP contribution < -0.4 is 0 Å². The van der Waals surface area contributed by atoms with Gasteiger partial charge in [0.05, 0.1) is 0 Å². The molecule has 0 heterocycles. The van der Waals surface area contributed by atoms with Crippen LogP contribution in [0.25, 0.3) is 0 Å². The Morgan fingerprint density at radius 1 is 1.29 bits per heavy atom. The third kappa shape index (κ3) is 6.51. The molecule has 0 aromatic rings. The minimum Gasteiger partial charge on any atom is -0.481 e. The van der Waals surface area contributed by atoms with Crippen LogP contribution in [0.1, 0.15) is 19.3 Å². The van der Waals surface area contributed by atoms with Gasteiger partial charge in [-0.3, -0.25) is 9.59 Å². The van der Waals surface area contributed by atoms with Crippen LogP contribution in [-0.4, -0.2) is 33.2 Å². The van der Waals surface area contributed by atoms with Gasteiger partial charge in [0.2, 0.25) is 0 Å². The van der Waals surface area contributed by atoms with Crippen molar-refractivity contribution < 1.29 is 29.3 Å². The van der Waals surface area contributed by atoms with E-state index >= 15 is 0 Å². The molecule has 0 aliphatic heterocycles. The van der Waals surface area contributed by atoms with Crippen molar-refractivity contribution in [3.8, 4) is 0 Å². The van der Waals surface area contributed by atoms with Crippen molar-refractivity contribution in [2.75, 3.05) is 6.16 Å². The number of carbonyl (C=O) groups is 2. The average Bonchev–Trinajstić information content (AvgIpc) is 2.00. The summed E-state index contributed by atoms with van der Waals surface area (Å²) >= 11 is 0. The summed E-state index contributed by atoms with van der Waals surface area (Å²) in [6.07, 6.45) is -0.116. The first-order valence-corrected chi connectivity index (χ1v) is 5.41. The highest BCUT2D eigenvalue weighted by Gasteiger charge is 2.27. The van der Waals surface area contributed by atoms with E-state index in [0.29, 0.717) is 0 Å². The van der Waals surface area contributed by atoms with Crippen LogP contribution in [0.2, 0.25) is 0 Å². The summed E-state index contributed by atoms with van der Waals surface area (Å²) in [7, 11) is -2.48. The first-order chi connectivity index (χ1) is 6.43. The molecule has 7 heteroatoms. The monoisotopic (exact) mass is 223 g/mol. The smallest absolute Gasteiger partial charge is 0.481 e. The van der Waals surface area contributed by atoms with Gasteiger partial charge in [-0.1, -0.05) is 0 Å². The lowest BCUT2D eigenvalue weighted by molar-refractivity contribution is -0.142. The summed E-state index contributed by atoms with van der Waals surface area (Å²) in [5, 5.41) is 16.9. The fourth-order valence-corrected chi connectivity index (χ4v) is 1.70. The van der Waals surface area contributed by atoms with Crippen molar-refractivity contribution in [1.82, 2.24) is 0 Å². The second-order valence-corrected chi connectivity index (χ2v) is 3.93. The predicted octanol–water partition coefficient (Wildman–Crippen LogP) is 0.677. The highest BCUT2D eigenvalue weighted by molar-refractivity contribution is 7.38. The molecule has 80 valence electrons. The van der Waals surface area contributed by atoms with Crippen LogP contribution in [0.3, 0.4) is 0 Å². The number of hydrogen-bond acceptors (Lipinski definition) is 3. The van der Waals surface area contributed by atoms with Gasteiger partial charge in [0.25, 0.3) is 0 Å². The maximum Gasteiger partial charge on any atom is 0.506 e. The molecular weight excluding hydrogens is 211 g/mol. The van der Waals surface area contributed by atoms with Crippen LogP contribution in [-0.2, 0) is 14.2 Å². The van der Waals surface area contributed by atoms with Gasteiger partial charge in [0, 0.05) is 6.42 Å². The van der Waals surface area contributed by atoms with E-state index in [1.54, 1.807) is 0 Å². The first kappa shape index (κ1) is 13.0. The molecule has 0 saturated carbocycles. The standard InChI is InChI=1S/C7H11O6P/c8-6(9)3-1-2-5(7(10)11)4-14(12)13/h5H,1-4H2,(H2-,8,9,10,11,12,13)/p+1. The Morgan fingerprint density at radius 2 is 1.86 bits per heavy atom. The molecule has 0 amide bonds. The minimum absolute atomic E-state index is 0.114. The summed E-state index contributed by atoms with van der Waals surface area (Å²) in [6.45, 7) is 0. The molecule has 0 rings (SSSR count). The van der Waals surface area contributed by atoms with Crippen LogP contribution in [0.15, 0.2) is 0 Å². The van der Waals surface area contributed by atoms with E-state index in [0.717, 1.165) is 0 Å². The molecule has 0 aliphatic rings. The van der Waals surface area contributed by atoms with E-state index in [1.807, 2.05) is 0 Å². The second kappa shape index (κ2) is 6.45. The van der Waals surface area contributed by atoms with Gasteiger partial charge < -0.3 is 10.2 Å². The summed E-state index contributed by atoms with van der Waals surface area (Å²) in [6, 6.07) is 0. The Balaban J connectivity index is 3.91. The zero-order valence-electron chi connectivity index (χ0n) is 7.42. The summed E-state index contributed by atoms with van der Waals surface area (Å²) in [5.41, 5.74) is 0. The van der Waals surface area contributed by atoms with E-state index in [4.69, 9.17) is 15.1 Å². The van der Waals surface area contributed by atoms with Gasteiger partial charge in [0.1, 0.15) is 5.92 Å². The number of hydrogen-bond donors (Lipinski definition) is 3. The Kier molecular flexibility index (Phi) is 5.99. The summed E-state index contributed by atoms with van der Waals surface area (Å²) in [4.78, 5) is 29.2. The van der Waals surface area contributed by atoms with Crippen molar-refractivity contribution >= 4 is 20.0 Å². The molecule has 6 nitrogen and oxygen atoms in total. The summed E-state index contributed by atoms with van der Waals surface area (Å²) < 4.78 is 10.4. The van der Waals surface area contributed by atoms with Gasteiger partial charge in [-0.2, -0.15) is 4.89 Å². The number of carboxylic acid groups (broad SMARTS) is 2. The number of carboxylic acids is 2. The van der Waals surface area contributed by atoms with E-state index in [1.165, 1.54) is 0 Å². The normalized spacial score (nSPS) is 13.4. The lowest BCUT2D eigenvalue weighted by Gasteiger charge is -2.03. The topological polar surface area (TPSA) is 112 Å². The highest BCUT2D eigenvalue weighted by Crippen LogP contribution is 2.22. The molecule has 0 aromatic heterocycles. The molecule has 2 unspecified atom stereocenters. The fraction of sp³-hybridized carbons (Fsp3) is 0.714. The Labute approximate surface area is 81.4 Å².